The molecule has 0 radical (unpaired) electrons. The Kier molecular flexibility index (Phi) is 11.8. The standard InChI is InChI=1S/C32H47N5O5S/c1-21(2)25(19-22(3)28(38)36-43(41,42)24-17-14-18-34-20-24)37(10)30(40)27(31(4,5)6)35-29(39)26(33-9)32(7,8)23-15-12-11-13-16-23/h11-21,25-27,33H,1-10H3,(H,35,39)(H,36,38)/b22-19+. The van der Waals surface area contributed by atoms with Crippen LogP contribution >= 0.6 is 0 Å². The topological polar surface area (TPSA) is 138 Å². The zero-order chi connectivity index (χ0) is 32.8. The van der Waals surface area contributed by atoms with E-state index in [4.69, 9.17) is 0 Å². The van der Waals surface area contributed by atoms with E-state index in [2.05, 4.69) is 20.3 Å². The molecule has 0 spiro atoms. The highest BCUT2D eigenvalue weighted by Gasteiger charge is 2.41. The number of likely N-dealkylation sites (N-methyl/N-ethyl adjacent to an activating group) is 2. The highest BCUT2D eigenvalue weighted by Crippen LogP contribution is 2.29. The van der Waals surface area contributed by atoms with Gasteiger partial charge in [-0.05, 0) is 43.0 Å². The molecule has 3 N–H and O–H groups in total. The molecule has 1 aromatic heterocycles. The number of carbonyl (C=O) groups excluding carboxylic acids is 3. The first-order chi connectivity index (χ1) is 19.8. The van der Waals surface area contributed by atoms with Gasteiger partial charge in [0.15, 0.2) is 0 Å². The Morgan fingerprint density at radius 3 is 2.05 bits per heavy atom. The van der Waals surface area contributed by atoms with Gasteiger partial charge in [0.2, 0.25) is 11.8 Å². The summed E-state index contributed by atoms with van der Waals surface area (Å²) in [5.74, 6) is -1.59. The lowest BCUT2D eigenvalue weighted by Gasteiger charge is -2.40. The minimum Gasteiger partial charge on any atom is -0.342 e. The number of aromatic nitrogens is 1. The lowest BCUT2D eigenvalue weighted by atomic mass is 9.76. The molecular weight excluding hydrogens is 566 g/mol. The molecule has 2 rings (SSSR count). The predicted molar refractivity (Wildman–Crippen MR) is 168 cm³/mol. The molecule has 1 heterocycles. The van der Waals surface area contributed by atoms with Crippen LogP contribution in [0.25, 0.3) is 0 Å². The average Bonchev–Trinajstić information content (AvgIpc) is 2.93. The summed E-state index contributed by atoms with van der Waals surface area (Å²) in [6, 6.07) is 10.4. The Hall–Kier alpha value is -3.57. The largest absolute Gasteiger partial charge is 0.342 e. The molecule has 0 aliphatic carbocycles. The van der Waals surface area contributed by atoms with Crippen molar-refractivity contribution >= 4 is 27.7 Å². The Morgan fingerprint density at radius 1 is 0.953 bits per heavy atom. The van der Waals surface area contributed by atoms with Gasteiger partial charge in [-0.3, -0.25) is 19.4 Å². The van der Waals surface area contributed by atoms with E-state index in [9.17, 15) is 22.8 Å². The molecule has 0 aliphatic heterocycles. The summed E-state index contributed by atoms with van der Waals surface area (Å²) in [6.45, 7) is 14.9. The molecule has 236 valence electrons. The molecule has 1 aromatic carbocycles. The quantitative estimate of drug-likeness (QED) is 0.312. The molecular formula is C32H47N5O5S. The second-order valence-electron chi connectivity index (χ2n) is 12.8. The fourth-order valence-electron chi connectivity index (χ4n) is 4.93. The molecule has 11 heteroatoms. The first-order valence-corrected chi connectivity index (χ1v) is 15.8. The number of amides is 3. The maximum atomic E-state index is 14.0. The van der Waals surface area contributed by atoms with Gasteiger partial charge in [0.05, 0.1) is 12.1 Å². The second kappa shape index (κ2) is 14.3. The number of hydrogen-bond donors (Lipinski definition) is 3. The number of carbonyl (C=O) groups is 3. The van der Waals surface area contributed by atoms with Crippen molar-refractivity contribution in [3.05, 3.63) is 72.1 Å². The molecule has 0 aliphatic rings. The van der Waals surface area contributed by atoms with E-state index in [1.807, 2.05) is 78.8 Å². The maximum Gasteiger partial charge on any atom is 0.265 e. The molecule has 3 amide bonds. The van der Waals surface area contributed by atoms with Crippen LogP contribution in [0.2, 0.25) is 0 Å². The number of sulfonamides is 1. The lowest BCUT2D eigenvalue weighted by molar-refractivity contribution is -0.140. The van der Waals surface area contributed by atoms with Crippen molar-refractivity contribution in [3.63, 3.8) is 0 Å². The third kappa shape index (κ3) is 8.96. The third-order valence-corrected chi connectivity index (χ3v) is 8.93. The number of nitrogens with one attached hydrogen (secondary N) is 3. The fourth-order valence-corrected chi connectivity index (χ4v) is 5.91. The number of benzene rings is 1. The van der Waals surface area contributed by atoms with Crippen molar-refractivity contribution in [1.29, 1.82) is 0 Å². The van der Waals surface area contributed by atoms with Crippen molar-refractivity contribution < 1.29 is 22.8 Å². The minimum absolute atomic E-state index is 0.127. The van der Waals surface area contributed by atoms with E-state index in [1.165, 1.54) is 30.2 Å². The fraction of sp³-hybridized carbons (Fsp3) is 0.500. The molecule has 0 saturated carbocycles. The first-order valence-electron chi connectivity index (χ1n) is 14.3. The van der Waals surface area contributed by atoms with Crippen LogP contribution in [0.4, 0.5) is 0 Å². The number of rotatable bonds is 12. The summed E-state index contributed by atoms with van der Waals surface area (Å²) in [5.41, 5.74) is -0.126. The van der Waals surface area contributed by atoms with E-state index >= 15 is 0 Å². The van der Waals surface area contributed by atoms with E-state index < -0.39 is 44.9 Å². The lowest BCUT2D eigenvalue weighted by Crippen LogP contribution is -2.61. The molecule has 3 atom stereocenters. The maximum absolute atomic E-state index is 14.0. The summed E-state index contributed by atoms with van der Waals surface area (Å²) in [4.78, 5) is 45.8. The number of hydrogen-bond acceptors (Lipinski definition) is 7. The third-order valence-electron chi connectivity index (χ3n) is 7.62. The van der Waals surface area contributed by atoms with Crippen molar-refractivity contribution in [2.75, 3.05) is 14.1 Å². The summed E-state index contributed by atoms with van der Waals surface area (Å²) in [7, 11) is -0.784. The van der Waals surface area contributed by atoms with Gasteiger partial charge in [0.25, 0.3) is 15.9 Å². The van der Waals surface area contributed by atoms with Gasteiger partial charge in [-0.15, -0.1) is 0 Å². The summed E-state index contributed by atoms with van der Waals surface area (Å²) in [5, 5.41) is 6.14. The normalized spacial score (nSPS) is 14.9. The van der Waals surface area contributed by atoms with Gasteiger partial charge in [-0.1, -0.05) is 84.9 Å². The molecule has 3 unspecified atom stereocenters. The van der Waals surface area contributed by atoms with Crippen LogP contribution in [0.15, 0.2) is 71.4 Å². The van der Waals surface area contributed by atoms with Crippen LogP contribution in [0.3, 0.4) is 0 Å². The van der Waals surface area contributed by atoms with Gasteiger partial charge in [0.1, 0.15) is 10.9 Å². The first kappa shape index (κ1) is 35.6. The Bertz CT molecular complexity index is 1400. The van der Waals surface area contributed by atoms with E-state index in [0.29, 0.717) is 0 Å². The highest BCUT2D eigenvalue weighted by molar-refractivity contribution is 7.90. The summed E-state index contributed by atoms with van der Waals surface area (Å²) < 4.78 is 27.3. The highest BCUT2D eigenvalue weighted by atomic mass is 32.2. The molecule has 2 aromatic rings. The van der Waals surface area contributed by atoms with Crippen molar-refractivity contribution in [1.82, 2.24) is 25.2 Å². The van der Waals surface area contributed by atoms with Gasteiger partial charge in [-0.25, -0.2) is 13.1 Å². The van der Waals surface area contributed by atoms with Crippen LogP contribution in [-0.4, -0.2) is 68.2 Å². The SMILES string of the molecule is CNC(C(=O)NC(C(=O)N(C)C(/C=C(\C)C(=O)NS(=O)(=O)c1cccnc1)C(C)C)C(C)(C)C)C(C)(C)c1ccccc1. The van der Waals surface area contributed by atoms with Crippen molar-refractivity contribution in [2.45, 2.75) is 83.8 Å². The van der Waals surface area contributed by atoms with E-state index in [-0.39, 0.29) is 28.2 Å². The van der Waals surface area contributed by atoms with Crippen LogP contribution in [0.1, 0.15) is 61.0 Å². The van der Waals surface area contributed by atoms with Gasteiger partial charge in [0, 0.05) is 30.4 Å². The second-order valence-corrected chi connectivity index (χ2v) is 14.5. The van der Waals surface area contributed by atoms with Crippen molar-refractivity contribution in [3.8, 4) is 0 Å². The molecule has 10 nitrogen and oxygen atoms in total. The van der Waals surface area contributed by atoms with Gasteiger partial charge in [-0.2, -0.15) is 0 Å². The molecule has 0 bridgehead atoms. The van der Waals surface area contributed by atoms with Crippen LogP contribution in [0.5, 0.6) is 0 Å². The smallest absolute Gasteiger partial charge is 0.265 e. The van der Waals surface area contributed by atoms with Crippen LogP contribution < -0.4 is 15.4 Å². The van der Waals surface area contributed by atoms with Gasteiger partial charge < -0.3 is 15.5 Å². The predicted octanol–water partition coefficient (Wildman–Crippen LogP) is 3.41. The molecule has 43 heavy (non-hydrogen) atoms. The Labute approximate surface area is 256 Å². The zero-order valence-corrected chi connectivity index (χ0v) is 27.7. The monoisotopic (exact) mass is 613 g/mol. The van der Waals surface area contributed by atoms with Gasteiger partial charge >= 0.3 is 0 Å². The van der Waals surface area contributed by atoms with E-state index in [0.717, 1.165) is 11.8 Å². The summed E-state index contributed by atoms with van der Waals surface area (Å²) in [6.07, 6.45) is 4.16. The Morgan fingerprint density at radius 2 is 1.56 bits per heavy atom. The average molecular weight is 614 g/mol. The summed E-state index contributed by atoms with van der Waals surface area (Å²) >= 11 is 0. The van der Waals surface area contributed by atoms with Crippen LogP contribution in [-0.2, 0) is 29.8 Å². The molecule has 0 saturated heterocycles. The molecule has 0 fully saturated rings. The zero-order valence-electron chi connectivity index (χ0n) is 26.9. The number of pyridine rings is 1. The minimum atomic E-state index is -4.12. The number of nitrogens with zero attached hydrogens (tertiary/aromatic N) is 2. The Balaban J connectivity index is 2.33. The van der Waals surface area contributed by atoms with E-state index in [1.54, 1.807) is 20.2 Å². The van der Waals surface area contributed by atoms with Crippen molar-refractivity contribution in [2.24, 2.45) is 11.3 Å². The van der Waals surface area contributed by atoms with Crippen LogP contribution in [0, 0.1) is 11.3 Å².